The molecule has 0 N–H and O–H groups in total. The molecule has 6 heteroatoms. The molecule has 2 aromatic heterocycles. The molecule has 27 heavy (non-hydrogen) atoms. The predicted octanol–water partition coefficient (Wildman–Crippen LogP) is 3.47. The van der Waals surface area contributed by atoms with Crippen LogP contribution in [-0.2, 0) is 9.53 Å². The number of benzene rings is 1. The molecule has 0 aliphatic carbocycles. The van der Waals surface area contributed by atoms with Crippen molar-refractivity contribution in [2.45, 2.75) is 19.8 Å². The molecule has 3 heterocycles. The highest BCUT2D eigenvalue weighted by atomic mass is 16.5. The molecule has 1 aliphatic rings. The van der Waals surface area contributed by atoms with Crippen molar-refractivity contribution in [3.63, 3.8) is 0 Å². The second kappa shape index (κ2) is 7.70. The van der Waals surface area contributed by atoms with Gasteiger partial charge in [-0.2, -0.15) is 0 Å². The van der Waals surface area contributed by atoms with Gasteiger partial charge in [0, 0.05) is 36.4 Å². The van der Waals surface area contributed by atoms with E-state index in [0.29, 0.717) is 12.4 Å². The number of esters is 1. The maximum atomic E-state index is 12.0. The number of piperidine rings is 1. The molecule has 0 saturated carbocycles. The number of aromatic nitrogens is 3. The second-order valence-corrected chi connectivity index (χ2v) is 6.64. The van der Waals surface area contributed by atoms with E-state index in [4.69, 9.17) is 14.7 Å². The van der Waals surface area contributed by atoms with Gasteiger partial charge < -0.3 is 9.64 Å². The topological polar surface area (TPSA) is 68.2 Å². The van der Waals surface area contributed by atoms with Gasteiger partial charge in [-0.15, -0.1) is 0 Å². The Morgan fingerprint density at radius 1 is 1.15 bits per heavy atom. The quantitative estimate of drug-likeness (QED) is 0.662. The van der Waals surface area contributed by atoms with E-state index in [-0.39, 0.29) is 11.9 Å². The Kier molecular flexibility index (Phi) is 4.96. The van der Waals surface area contributed by atoms with E-state index < -0.39 is 0 Å². The molecule has 4 rings (SSSR count). The first kappa shape index (κ1) is 17.4. The van der Waals surface area contributed by atoms with Crippen molar-refractivity contribution in [3.05, 3.63) is 48.8 Å². The minimum atomic E-state index is -0.0826. The number of hydrogen-bond donors (Lipinski definition) is 0. The summed E-state index contributed by atoms with van der Waals surface area (Å²) in [6, 6.07) is 11.9. The van der Waals surface area contributed by atoms with Crippen LogP contribution in [0.2, 0.25) is 0 Å². The predicted molar refractivity (Wildman–Crippen MR) is 104 cm³/mol. The van der Waals surface area contributed by atoms with Crippen LogP contribution < -0.4 is 4.90 Å². The zero-order valence-corrected chi connectivity index (χ0v) is 15.3. The molecular weight excluding hydrogens is 340 g/mol. The number of nitrogens with zero attached hydrogens (tertiary/aromatic N) is 4. The van der Waals surface area contributed by atoms with E-state index in [9.17, 15) is 4.79 Å². The van der Waals surface area contributed by atoms with E-state index in [1.807, 2.05) is 37.3 Å². The van der Waals surface area contributed by atoms with Gasteiger partial charge >= 0.3 is 5.97 Å². The molecule has 1 aromatic carbocycles. The van der Waals surface area contributed by atoms with Crippen LogP contribution >= 0.6 is 0 Å². The maximum Gasteiger partial charge on any atom is 0.309 e. The number of anilines is 1. The van der Waals surface area contributed by atoms with Crippen LogP contribution in [0.4, 0.5) is 5.82 Å². The summed E-state index contributed by atoms with van der Waals surface area (Å²) in [7, 11) is 0. The van der Waals surface area contributed by atoms with Gasteiger partial charge in [0.05, 0.1) is 18.0 Å². The first-order valence-electron chi connectivity index (χ1n) is 9.35. The fourth-order valence-electron chi connectivity index (χ4n) is 3.51. The van der Waals surface area contributed by atoms with Crippen molar-refractivity contribution < 1.29 is 9.53 Å². The highest BCUT2D eigenvalue weighted by molar-refractivity contribution is 5.91. The summed E-state index contributed by atoms with van der Waals surface area (Å²) in [5, 5.41) is 1.03. The summed E-state index contributed by atoms with van der Waals surface area (Å²) in [4.78, 5) is 28.0. The van der Waals surface area contributed by atoms with Gasteiger partial charge in [-0.05, 0) is 44.0 Å². The van der Waals surface area contributed by atoms with Gasteiger partial charge in [0.25, 0.3) is 0 Å². The molecule has 0 amide bonds. The first-order valence-corrected chi connectivity index (χ1v) is 9.35. The first-order chi connectivity index (χ1) is 13.3. The number of carbonyl (C=O) groups excluding carboxylic acids is 1. The number of ether oxygens (including phenoxy) is 1. The van der Waals surface area contributed by atoms with Crippen molar-refractivity contribution >= 4 is 22.7 Å². The van der Waals surface area contributed by atoms with Crippen LogP contribution in [0.3, 0.4) is 0 Å². The summed E-state index contributed by atoms with van der Waals surface area (Å²) in [5.74, 6) is 1.49. The lowest BCUT2D eigenvalue weighted by atomic mass is 9.97. The van der Waals surface area contributed by atoms with E-state index >= 15 is 0 Å². The number of hydrogen-bond acceptors (Lipinski definition) is 6. The molecule has 3 aromatic rings. The summed E-state index contributed by atoms with van der Waals surface area (Å²) >= 11 is 0. The van der Waals surface area contributed by atoms with Gasteiger partial charge in [-0.3, -0.25) is 9.78 Å². The monoisotopic (exact) mass is 362 g/mol. The van der Waals surface area contributed by atoms with Crippen molar-refractivity contribution in [2.24, 2.45) is 5.92 Å². The van der Waals surface area contributed by atoms with Gasteiger partial charge in [0.1, 0.15) is 5.82 Å². The Morgan fingerprint density at radius 2 is 1.96 bits per heavy atom. The smallest absolute Gasteiger partial charge is 0.309 e. The third-order valence-electron chi connectivity index (χ3n) is 4.92. The average Bonchev–Trinajstić information content (AvgIpc) is 2.74. The van der Waals surface area contributed by atoms with E-state index in [1.165, 1.54) is 0 Å². The minimum absolute atomic E-state index is 0.0212. The fourth-order valence-corrected chi connectivity index (χ4v) is 3.51. The Balaban J connectivity index is 1.66. The standard InChI is InChI=1S/C21H22N4O2/c1-2-27-21(26)15-9-12-25(13-10-15)20-17-7-3-4-8-18(17)23-19(24-20)16-6-5-11-22-14-16/h3-8,11,14-15H,2,9-10,12-13H2,1H3. The summed E-state index contributed by atoms with van der Waals surface area (Å²) in [5.41, 5.74) is 1.81. The van der Waals surface area contributed by atoms with E-state index in [1.54, 1.807) is 12.4 Å². The maximum absolute atomic E-state index is 12.0. The summed E-state index contributed by atoms with van der Waals surface area (Å²) < 4.78 is 5.18. The number of para-hydroxylation sites is 1. The molecule has 0 spiro atoms. The van der Waals surface area contributed by atoms with E-state index in [0.717, 1.165) is 48.2 Å². The molecule has 0 radical (unpaired) electrons. The highest BCUT2D eigenvalue weighted by Gasteiger charge is 2.27. The van der Waals surface area contributed by atoms with Gasteiger partial charge in [0.15, 0.2) is 5.82 Å². The Morgan fingerprint density at radius 3 is 2.70 bits per heavy atom. The molecule has 0 atom stereocenters. The lowest BCUT2D eigenvalue weighted by molar-refractivity contribution is -0.148. The molecular formula is C21H22N4O2. The summed E-state index contributed by atoms with van der Waals surface area (Å²) in [6.45, 7) is 3.83. The minimum Gasteiger partial charge on any atom is -0.466 e. The van der Waals surface area contributed by atoms with Crippen LogP contribution in [0, 0.1) is 5.92 Å². The lowest BCUT2D eigenvalue weighted by Crippen LogP contribution is -2.37. The zero-order chi connectivity index (χ0) is 18.6. The van der Waals surface area contributed by atoms with Crippen LogP contribution in [0.25, 0.3) is 22.3 Å². The third kappa shape index (κ3) is 3.60. The average molecular weight is 362 g/mol. The Labute approximate surface area is 158 Å². The molecule has 1 fully saturated rings. The fraction of sp³-hybridized carbons (Fsp3) is 0.333. The second-order valence-electron chi connectivity index (χ2n) is 6.64. The summed E-state index contributed by atoms with van der Waals surface area (Å²) in [6.07, 6.45) is 5.07. The Hall–Kier alpha value is -3.02. The number of pyridine rings is 1. The van der Waals surface area contributed by atoms with Crippen molar-refractivity contribution in [2.75, 3.05) is 24.6 Å². The molecule has 0 unspecified atom stereocenters. The van der Waals surface area contributed by atoms with Crippen LogP contribution in [0.15, 0.2) is 48.8 Å². The van der Waals surface area contributed by atoms with E-state index in [2.05, 4.69) is 16.0 Å². The molecule has 138 valence electrons. The number of rotatable bonds is 4. The van der Waals surface area contributed by atoms with Crippen LogP contribution in [0.5, 0.6) is 0 Å². The van der Waals surface area contributed by atoms with Crippen molar-refractivity contribution in [1.82, 2.24) is 15.0 Å². The highest BCUT2D eigenvalue weighted by Crippen LogP contribution is 2.30. The lowest BCUT2D eigenvalue weighted by Gasteiger charge is -2.32. The van der Waals surface area contributed by atoms with Gasteiger partial charge in [-0.25, -0.2) is 9.97 Å². The number of fused-ring (bicyclic) bond motifs is 1. The van der Waals surface area contributed by atoms with Crippen molar-refractivity contribution in [3.8, 4) is 11.4 Å². The normalized spacial score (nSPS) is 15.1. The van der Waals surface area contributed by atoms with Gasteiger partial charge in [0.2, 0.25) is 0 Å². The molecule has 0 bridgehead atoms. The van der Waals surface area contributed by atoms with Crippen LogP contribution in [0.1, 0.15) is 19.8 Å². The molecule has 1 aliphatic heterocycles. The Bertz CT molecular complexity index is 937. The SMILES string of the molecule is CCOC(=O)C1CCN(c2nc(-c3cccnc3)nc3ccccc23)CC1. The number of carbonyl (C=O) groups is 1. The zero-order valence-electron chi connectivity index (χ0n) is 15.3. The molecule has 6 nitrogen and oxygen atoms in total. The molecule has 1 saturated heterocycles. The largest absolute Gasteiger partial charge is 0.466 e. The van der Waals surface area contributed by atoms with Gasteiger partial charge in [-0.1, -0.05) is 12.1 Å². The third-order valence-corrected chi connectivity index (χ3v) is 4.92. The van der Waals surface area contributed by atoms with Crippen LogP contribution in [-0.4, -0.2) is 40.6 Å². The van der Waals surface area contributed by atoms with Crippen molar-refractivity contribution in [1.29, 1.82) is 0 Å².